The van der Waals surface area contributed by atoms with E-state index in [2.05, 4.69) is 5.32 Å². The molecule has 0 radical (unpaired) electrons. The van der Waals surface area contributed by atoms with Crippen LogP contribution in [0.4, 0.5) is 13.2 Å². The Morgan fingerprint density at radius 3 is 2.40 bits per heavy atom. The van der Waals surface area contributed by atoms with Gasteiger partial charge in [-0.05, 0) is 36.8 Å². The molecule has 114 valence electrons. The van der Waals surface area contributed by atoms with Gasteiger partial charge in [-0.15, -0.1) is 0 Å². The summed E-state index contributed by atoms with van der Waals surface area (Å²) in [6.07, 6.45) is -3.49. The lowest BCUT2D eigenvalue weighted by Gasteiger charge is -2.15. The number of halogens is 3. The fourth-order valence-electron chi connectivity index (χ4n) is 1.69. The highest BCUT2D eigenvalue weighted by atomic mass is 32.2. The van der Waals surface area contributed by atoms with Gasteiger partial charge < -0.3 is 10.4 Å². The molecule has 6 heteroatoms. The van der Waals surface area contributed by atoms with E-state index in [1.165, 1.54) is 12.1 Å². The van der Waals surface area contributed by atoms with E-state index in [0.29, 0.717) is 0 Å². The maximum atomic E-state index is 12.4. The van der Waals surface area contributed by atoms with Gasteiger partial charge in [-0.2, -0.15) is 24.9 Å². The molecule has 0 aliphatic heterocycles. The maximum absolute atomic E-state index is 12.4. The molecule has 0 aliphatic carbocycles. The number of aliphatic hydroxyl groups is 1. The second-order valence-electron chi connectivity index (χ2n) is 4.49. The number of aliphatic hydroxyl groups excluding tert-OH is 1. The minimum absolute atomic E-state index is 0.0238. The van der Waals surface area contributed by atoms with Crippen molar-refractivity contribution >= 4 is 11.8 Å². The highest BCUT2D eigenvalue weighted by Crippen LogP contribution is 2.29. The van der Waals surface area contributed by atoms with E-state index < -0.39 is 11.7 Å². The third kappa shape index (κ3) is 6.15. The summed E-state index contributed by atoms with van der Waals surface area (Å²) in [4.78, 5) is 0. The standard InChI is InChI=1S/C14H20F3NOS/c1-11(18-7-10-20-9-2-8-19)12-3-5-13(6-4-12)14(15,16)17/h3-6,11,18-19H,2,7-10H2,1H3. The number of nitrogens with one attached hydrogen (secondary N) is 1. The van der Waals surface area contributed by atoms with Crippen LogP contribution in [0.25, 0.3) is 0 Å². The van der Waals surface area contributed by atoms with Crippen molar-refractivity contribution in [2.45, 2.75) is 25.6 Å². The Morgan fingerprint density at radius 2 is 1.85 bits per heavy atom. The van der Waals surface area contributed by atoms with Gasteiger partial charge in [-0.1, -0.05) is 12.1 Å². The third-order valence-electron chi connectivity index (χ3n) is 2.88. The summed E-state index contributed by atoms with van der Waals surface area (Å²) in [6, 6.07) is 5.28. The van der Waals surface area contributed by atoms with E-state index in [4.69, 9.17) is 5.11 Å². The normalized spacial score (nSPS) is 13.4. The lowest BCUT2D eigenvalue weighted by atomic mass is 10.1. The van der Waals surface area contributed by atoms with Crippen molar-refractivity contribution in [1.82, 2.24) is 5.32 Å². The van der Waals surface area contributed by atoms with E-state index in [0.717, 1.165) is 42.2 Å². The molecule has 1 unspecified atom stereocenters. The molecule has 1 rings (SSSR count). The van der Waals surface area contributed by atoms with Crippen LogP contribution in [0.15, 0.2) is 24.3 Å². The Hall–Kier alpha value is -0.720. The molecular weight excluding hydrogens is 287 g/mol. The van der Waals surface area contributed by atoms with Crippen LogP contribution in [-0.4, -0.2) is 29.8 Å². The minimum Gasteiger partial charge on any atom is -0.396 e. The van der Waals surface area contributed by atoms with E-state index in [1.54, 1.807) is 11.8 Å². The van der Waals surface area contributed by atoms with E-state index >= 15 is 0 Å². The zero-order chi connectivity index (χ0) is 15.0. The Balaban J connectivity index is 2.34. The van der Waals surface area contributed by atoms with Crippen molar-refractivity contribution in [2.75, 3.05) is 24.7 Å². The van der Waals surface area contributed by atoms with Crippen LogP contribution < -0.4 is 5.32 Å². The van der Waals surface area contributed by atoms with Gasteiger partial charge in [0, 0.05) is 24.9 Å². The summed E-state index contributed by atoms with van der Waals surface area (Å²) in [7, 11) is 0. The molecule has 20 heavy (non-hydrogen) atoms. The molecule has 0 amide bonds. The Labute approximate surface area is 121 Å². The zero-order valence-corrected chi connectivity index (χ0v) is 12.2. The number of hydrogen-bond donors (Lipinski definition) is 2. The average Bonchev–Trinajstić information content (AvgIpc) is 2.41. The summed E-state index contributed by atoms with van der Waals surface area (Å²) >= 11 is 1.75. The Kier molecular flexibility index (Phi) is 7.40. The van der Waals surface area contributed by atoms with E-state index in [1.807, 2.05) is 6.92 Å². The van der Waals surface area contributed by atoms with Crippen molar-refractivity contribution in [3.8, 4) is 0 Å². The smallest absolute Gasteiger partial charge is 0.396 e. The Bertz CT molecular complexity index is 381. The summed E-state index contributed by atoms with van der Waals surface area (Å²) < 4.78 is 37.3. The van der Waals surface area contributed by atoms with Crippen LogP contribution in [0.1, 0.15) is 30.5 Å². The molecule has 0 aromatic heterocycles. The summed E-state index contributed by atoms with van der Waals surface area (Å²) in [5, 5.41) is 11.9. The first kappa shape index (κ1) is 17.3. The van der Waals surface area contributed by atoms with Crippen LogP contribution in [-0.2, 0) is 6.18 Å². The molecule has 0 spiro atoms. The van der Waals surface area contributed by atoms with Crippen LogP contribution in [0.2, 0.25) is 0 Å². The maximum Gasteiger partial charge on any atom is 0.416 e. The highest BCUT2D eigenvalue weighted by molar-refractivity contribution is 7.99. The van der Waals surface area contributed by atoms with E-state index in [9.17, 15) is 13.2 Å². The van der Waals surface area contributed by atoms with Crippen LogP contribution in [0.5, 0.6) is 0 Å². The van der Waals surface area contributed by atoms with Crippen molar-refractivity contribution < 1.29 is 18.3 Å². The predicted molar refractivity (Wildman–Crippen MR) is 76.9 cm³/mol. The monoisotopic (exact) mass is 307 g/mol. The molecule has 1 aromatic rings. The third-order valence-corrected chi connectivity index (χ3v) is 3.95. The van der Waals surface area contributed by atoms with Crippen LogP contribution in [0, 0.1) is 0 Å². The number of alkyl halides is 3. The van der Waals surface area contributed by atoms with Gasteiger partial charge in [0.05, 0.1) is 5.56 Å². The fourth-order valence-corrected chi connectivity index (χ4v) is 2.49. The molecule has 0 heterocycles. The number of rotatable bonds is 8. The predicted octanol–water partition coefficient (Wildman–Crippen LogP) is 3.47. The first-order valence-electron chi connectivity index (χ1n) is 6.54. The minimum atomic E-state index is -4.28. The molecule has 0 aliphatic rings. The first-order valence-corrected chi connectivity index (χ1v) is 7.69. The van der Waals surface area contributed by atoms with Gasteiger partial charge in [0.25, 0.3) is 0 Å². The quantitative estimate of drug-likeness (QED) is 0.721. The molecule has 0 fully saturated rings. The van der Waals surface area contributed by atoms with Gasteiger partial charge in [0.1, 0.15) is 0 Å². The molecule has 2 N–H and O–H groups in total. The lowest BCUT2D eigenvalue weighted by Crippen LogP contribution is -2.21. The van der Waals surface area contributed by atoms with E-state index in [-0.39, 0.29) is 12.6 Å². The van der Waals surface area contributed by atoms with Crippen molar-refractivity contribution in [1.29, 1.82) is 0 Å². The first-order chi connectivity index (χ1) is 9.45. The molecule has 0 saturated carbocycles. The van der Waals surface area contributed by atoms with Crippen molar-refractivity contribution in [3.63, 3.8) is 0 Å². The molecule has 0 saturated heterocycles. The van der Waals surface area contributed by atoms with Gasteiger partial charge in [0.15, 0.2) is 0 Å². The number of hydrogen-bond acceptors (Lipinski definition) is 3. The van der Waals surface area contributed by atoms with Gasteiger partial charge in [0.2, 0.25) is 0 Å². The molecule has 1 atom stereocenters. The largest absolute Gasteiger partial charge is 0.416 e. The lowest BCUT2D eigenvalue weighted by molar-refractivity contribution is -0.137. The molecule has 1 aromatic carbocycles. The van der Waals surface area contributed by atoms with Gasteiger partial charge in [-0.3, -0.25) is 0 Å². The van der Waals surface area contributed by atoms with Gasteiger partial charge in [-0.25, -0.2) is 0 Å². The average molecular weight is 307 g/mol. The SMILES string of the molecule is CC(NCCSCCCO)c1ccc(C(F)(F)F)cc1. The number of benzene rings is 1. The summed E-state index contributed by atoms with van der Waals surface area (Å²) in [5.74, 6) is 1.85. The van der Waals surface area contributed by atoms with Gasteiger partial charge >= 0.3 is 6.18 Å². The second-order valence-corrected chi connectivity index (χ2v) is 5.71. The zero-order valence-electron chi connectivity index (χ0n) is 11.4. The topological polar surface area (TPSA) is 32.3 Å². The highest BCUT2D eigenvalue weighted by Gasteiger charge is 2.30. The second kappa shape index (κ2) is 8.54. The van der Waals surface area contributed by atoms with Crippen molar-refractivity contribution in [3.05, 3.63) is 35.4 Å². The van der Waals surface area contributed by atoms with Crippen LogP contribution >= 0.6 is 11.8 Å². The molecule has 2 nitrogen and oxygen atoms in total. The summed E-state index contributed by atoms with van der Waals surface area (Å²) in [5.41, 5.74) is 0.228. The number of thioether (sulfide) groups is 1. The molecule has 0 bridgehead atoms. The Morgan fingerprint density at radius 1 is 1.20 bits per heavy atom. The fraction of sp³-hybridized carbons (Fsp3) is 0.571. The van der Waals surface area contributed by atoms with Crippen molar-refractivity contribution in [2.24, 2.45) is 0 Å². The van der Waals surface area contributed by atoms with Crippen LogP contribution in [0.3, 0.4) is 0 Å². The summed E-state index contributed by atoms with van der Waals surface area (Å²) in [6.45, 7) is 2.93. The molecular formula is C14H20F3NOS.